The highest BCUT2D eigenvalue weighted by atomic mass is 32.1. The molecule has 0 spiro atoms. The summed E-state index contributed by atoms with van der Waals surface area (Å²) in [5.74, 6) is 0. The lowest BCUT2D eigenvalue weighted by Crippen LogP contribution is -2.36. The highest BCUT2D eigenvalue weighted by molar-refractivity contribution is 7.09. The fourth-order valence-corrected chi connectivity index (χ4v) is 2.74. The monoisotopic (exact) mass is 212 g/mol. The molecule has 2 rings (SSSR count). The Bertz CT molecular complexity index is 303. The molecule has 1 aliphatic rings. The van der Waals surface area contributed by atoms with Crippen LogP contribution in [-0.2, 0) is 10.3 Å². The van der Waals surface area contributed by atoms with Gasteiger partial charge in [-0.3, -0.25) is 0 Å². The third-order valence-corrected chi connectivity index (χ3v) is 3.83. The smallest absolute Gasteiger partial charge is 0.113 e. The average molecular weight is 212 g/mol. The van der Waals surface area contributed by atoms with Crippen molar-refractivity contribution in [2.75, 3.05) is 13.2 Å². The Balaban J connectivity index is 2.20. The third kappa shape index (κ3) is 1.97. The molecule has 14 heavy (non-hydrogen) atoms. The van der Waals surface area contributed by atoms with Crippen molar-refractivity contribution in [3.63, 3.8) is 0 Å². The van der Waals surface area contributed by atoms with Gasteiger partial charge in [-0.1, -0.05) is 0 Å². The molecule has 78 valence electrons. The molecule has 3 nitrogen and oxygen atoms in total. The second-order valence-electron chi connectivity index (χ2n) is 3.92. The standard InChI is InChI=1S/C10H16N2OS/c1-8-7-14-9(12-8)10(11)3-2-5-13-6-4-10/h7H,2-6,11H2,1H3. The molecule has 0 amide bonds. The summed E-state index contributed by atoms with van der Waals surface area (Å²) in [4.78, 5) is 4.49. The topological polar surface area (TPSA) is 48.1 Å². The van der Waals surface area contributed by atoms with E-state index in [4.69, 9.17) is 10.5 Å². The second-order valence-corrected chi connectivity index (χ2v) is 4.77. The van der Waals surface area contributed by atoms with Crippen LogP contribution in [0, 0.1) is 6.92 Å². The predicted molar refractivity (Wildman–Crippen MR) is 57.4 cm³/mol. The highest BCUT2D eigenvalue weighted by Gasteiger charge is 2.31. The molecule has 1 unspecified atom stereocenters. The minimum absolute atomic E-state index is 0.241. The minimum atomic E-state index is -0.241. The normalized spacial score (nSPS) is 28.7. The Kier molecular flexibility index (Phi) is 2.85. The molecule has 0 aromatic carbocycles. The summed E-state index contributed by atoms with van der Waals surface area (Å²) >= 11 is 1.67. The fourth-order valence-electron chi connectivity index (χ4n) is 1.77. The van der Waals surface area contributed by atoms with Crippen molar-refractivity contribution in [1.82, 2.24) is 4.98 Å². The molecule has 1 aromatic rings. The quantitative estimate of drug-likeness (QED) is 0.772. The van der Waals surface area contributed by atoms with Crippen LogP contribution in [0.25, 0.3) is 0 Å². The van der Waals surface area contributed by atoms with Gasteiger partial charge in [-0.25, -0.2) is 4.98 Å². The van der Waals surface area contributed by atoms with Crippen molar-refractivity contribution in [3.8, 4) is 0 Å². The fraction of sp³-hybridized carbons (Fsp3) is 0.700. The van der Waals surface area contributed by atoms with Gasteiger partial charge < -0.3 is 10.5 Å². The van der Waals surface area contributed by atoms with Gasteiger partial charge in [0.25, 0.3) is 0 Å². The van der Waals surface area contributed by atoms with Crippen LogP contribution in [0.3, 0.4) is 0 Å². The van der Waals surface area contributed by atoms with Gasteiger partial charge in [0.15, 0.2) is 0 Å². The Morgan fingerprint density at radius 3 is 3.07 bits per heavy atom. The zero-order valence-electron chi connectivity index (χ0n) is 8.45. The Hall–Kier alpha value is -0.450. The van der Waals surface area contributed by atoms with E-state index in [-0.39, 0.29) is 5.54 Å². The van der Waals surface area contributed by atoms with E-state index in [0.717, 1.165) is 43.2 Å². The van der Waals surface area contributed by atoms with Crippen LogP contribution < -0.4 is 5.73 Å². The van der Waals surface area contributed by atoms with E-state index in [1.807, 2.05) is 6.92 Å². The van der Waals surface area contributed by atoms with Crippen LogP contribution in [-0.4, -0.2) is 18.2 Å². The van der Waals surface area contributed by atoms with Crippen LogP contribution in [0.1, 0.15) is 30.0 Å². The lowest BCUT2D eigenvalue weighted by Gasteiger charge is -2.24. The first-order valence-electron chi connectivity index (χ1n) is 5.00. The molecule has 1 saturated heterocycles. The zero-order chi connectivity index (χ0) is 10.0. The maximum Gasteiger partial charge on any atom is 0.113 e. The summed E-state index contributed by atoms with van der Waals surface area (Å²) in [6.07, 6.45) is 2.91. The second kappa shape index (κ2) is 3.96. The molecule has 1 atom stereocenters. The number of rotatable bonds is 1. The molecule has 1 aliphatic heterocycles. The molecular formula is C10H16N2OS. The van der Waals surface area contributed by atoms with Crippen LogP contribution in [0.2, 0.25) is 0 Å². The van der Waals surface area contributed by atoms with Gasteiger partial charge in [-0.2, -0.15) is 0 Å². The molecular weight excluding hydrogens is 196 g/mol. The number of aromatic nitrogens is 1. The van der Waals surface area contributed by atoms with Crippen molar-refractivity contribution < 1.29 is 4.74 Å². The van der Waals surface area contributed by atoms with Gasteiger partial charge >= 0.3 is 0 Å². The van der Waals surface area contributed by atoms with E-state index in [2.05, 4.69) is 10.4 Å². The highest BCUT2D eigenvalue weighted by Crippen LogP contribution is 2.31. The number of hydrogen-bond donors (Lipinski definition) is 1. The molecule has 4 heteroatoms. The van der Waals surface area contributed by atoms with Crippen LogP contribution >= 0.6 is 11.3 Å². The first-order valence-corrected chi connectivity index (χ1v) is 5.88. The summed E-state index contributed by atoms with van der Waals surface area (Å²) in [5, 5.41) is 3.14. The van der Waals surface area contributed by atoms with Crippen molar-refractivity contribution in [2.24, 2.45) is 5.73 Å². The van der Waals surface area contributed by atoms with Gasteiger partial charge in [0, 0.05) is 24.3 Å². The minimum Gasteiger partial charge on any atom is -0.381 e. The molecule has 1 aromatic heterocycles. The summed E-state index contributed by atoms with van der Waals surface area (Å²) in [6, 6.07) is 0. The summed E-state index contributed by atoms with van der Waals surface area (Å²) < 4.78 is 5.42. The van der Waals surface area contributed by atoms with Crippen molar-refractivity contribution in [2.45, 2.75) is 31.7 Å². The van der Waals surface area contributed by atoms with Gasteiger partial charge in [0.2, 0.25) is 0 Å². The molecule has 2 heterocycles. The number of ether oxygens (including phenoxy) is 1. The maximum absolute atomic E-state index is 6.36. The first-order chi connectivity index (χ1) is 6.71. The summed E-state index contributed by atoms with van der Waals surface area (Å²) in [5.41, 5.74) is 7.19. The Morgan fingerprint density at radius 2 is 2.36 bits per heavy atom. The Labute approximate surface area is 88.3 Å². The summed E-state index contributed by atoms with van der Waals surface area (Å²) in [7, 11) is 0. The SMILES string of the molecule is Cc1csc(C2(N)CCCOCC2)n1. The lowest BCUT2D eigenvalue weighted by molar-refractivity contribution is 0.139. The van der Waals surface area contributed by atoms with Crippen LogP contribution in [0.4, 0.5) is 0 Å². The molecule has 0 saturated carbocycles. The third-order valence-electron chi connectivity index (χ3n) is 2.65. The number of thiazole rings is 1. The van der Waals surface area contributed by atoms with Gasteiger partial charge in [0.1, 0.15) is 5.01 Å². The maximum atomic E-state index is 6.36. The molecule has 1 fully saturated rings. The summed E-state index contributed by atoms with van der Waals surface area (Å²) in [6.45, 7) is 3.61. The van der Waals surface area contributed by atoms with Crippen LogP contribution in [0.5, 0.6) is 0 Å². The zero-order valence-corrected chi connectivity index (χ0v) is 9.27. The van der Waals surface area contributed by atoms with E-state index < -0.39 is 0 Å². The van der Waals surface area contributed by atoms with Gasteiger partial charge in [-0.15, -0.1) is 11.3 Å². The van der Waals surface area contributed by atoms with Crippen molar-refractivity contribution in [1.29, 1.82) is 0 Å². The van der Waals surface area contributed by atoms with E-state index in [0.29, 0.717) is 0 Å². The van der Waals surface area contributed by atoms with E-state index >= 15 is 0 Å². The number of nitrogens with zero attached hydrogens (tertiary/aromatic N) is 1. The van der Waals surface area contributed by atoms with Gasteiger partial charge in [0.05, 0.1) is 5.54 Å². The number of hydrogen-bond acceptors (Lipinski definition) is 4. The number of aryl methyl sites for hydroxylation is 1. The van der Waals surface area contributed by atoms with Crippen molar-refractivity contribution >= 4 is 11.3 Å². The van der Waals surface area contributed by atoms with E-state index in [1.54, 1.807) is 11.3 Å². The molecule has 2 N–H and O–H groups in total. The average Bonchev–Trinajstić information content (AvgIpc) is 2.47. The molecule has 0 aliphatic carbocycles. The van der Waals surface area contributed by atoms with Crippen LogP contribution in [0.15, 0.2) is 5.38 Å². The van der Waals surface area contributed by atoms with E-state index in [1.165, 1.54) is 0 Å². The van der Waals surface area contributed by atoms with E-state index in [9.17, 15) is 0 Å². The van der Waals surface area contributed by atoms with Gasteiger partial charge in [-0.05, 0) is 26.2 Å². The molecule has 0 bridgehead atoms. The number of nitrogens with two attached hydrogens (primary N) is 1. The van der Waals surface area contributed by atoms with Crippen molar-refractivity contribution in [3.05, 3.63) is 16.1 Å². The lowest BCUT2D eigenvalue weighted by atomic mass is 9.93. The largest absolute Gasteiger partial charge is 0.381 e. The first kappa shape index (κ1) is 10.1. The Morgan fingerprint density at radius 1 is 1.50 bits per heavy atom. The molecule has 0 radical (unpaired) electrons. The predicted octanol–water partition coefficient (Wildman–Crippen LogP) is 1.81.